The van der Waals surface area contributed by atoms with E-state index in [4.69, 9.17) is 26.8 Å². The minimum atomic E-state index is -0.970. The molecule has 3 rings (SSSR count). The maximum atomic E-state index is 13.5. The summed E-state index contributed by atoms with van der Waals surface area (Å²) in [7, 11) is 0. The quantitative estimate of drug-likeness (QED) is 0.218. The zero-order chi connectivity index (χ0) is 32.2. The second-order valence-electron chi connectivity index (χ2n) is 11.5. The summed E-state index contributed by atoms with van der Waals surface area (Å²) < 4.78 is 11.0. The van der Waals surface area contributed by atoms with Crippen LogP contribution in [-0.2, 0) is 25.5 Å². The highest BCUT2D eigenvalue weighted by Crippen LogP contribution is 2.21. The Kier molecular flexibility index (Phi) is 14.5. The van der Waals surface area contributed by atoms with Gasteiger partial charge in [0.05, 0.1) is 24.1 Å². The lowest BCUT2D eigenvalue weighted by Crippen LogP contribution is -2.49. The largest absolute Gasteiger partial charge is 0.462 e. The minimum Gasteiger partial charge on any atom is -0.462 e. The van der Waals surface area contributed by atoms with E-state index in [2.05, 4.69) is 17.5 Å². The summed E-state index contributed by atoms with van der Waals surface area (Å²) in [6.07, 6.45) is 1.38. The van der Waals surface area contributed by atoms with E-state index in [0.29, 0.717) is 37.4 Å². The Hall–Kier alpha value is -2.63. The maximum Gasteiger partial charge on any atom is 0.323 e. The standard InChI is InChI=1S/C33H47ClN4O5S/c1-5-24(4)43-33(41)29(35)22-30(44)32(40)38(20-21-42-23(2)3)28-12-8-26(9-13-28)31(39)37-18-16-36(17-19-37)15-14-25-6-10-27(34)11-7-25/h6-13,23-24,29-30,44H,5,14-22,35H2,1-4H3/t24?,29?,30-/m1/s1. The highest BCUT2D eigenvalue weighted by Gasteiger charge is 2.29. The fraction of sp³-hybridized carbons (Fsp3) is 0.545. The molecule has 0 bridgehead atoms. The van der Waals surface area contributed by atoms with Crippen molar-refractivity contribution in [2.75, 3.05) is 50.8 Å². The highest BCUT2D eigenvalue weighted by molar-refractivity contribution is 7.81. The number of ether oxygens (including phenoxy) is 2. The van der Waals surface area contributed by atoms with E-state index in [1.165, 1.54) is 5.56 Å². The van der Waals surface area contributed by atoms with Gasteiger partial charge in [-0.1, -0.05) is 30.7 Å². The number of thiol groups is 1. The topological polar surface area (TPSA) is 105 Å². The summed E-state index contributed by atoms with van der Waals surface area (Å²) in [5, 5.41) is -0.0917. The number of carbonyl (C=O) groups is 3. The van der Waals surface area contributed by atoms with Crippen LogP contribution in [0.4, 0.5) is 5.69 Å². The van der Waals surface area contributed by atoms with Gasteiger partial charge in [0.25, 0.3) is 5.91 Å². The Morgan fingerprint density at radius 1 is 1.00 bits per heavy atom. The van der Waals surface area contributed by atoms with Crippen molar-refractivity contribution < 1.29 is 23.9 Å². The summed E-state index contributed by atoms with van der Waals surface area (Å²) >= 11 is 10.5. The van der Waals surface area contributed by atoms with E-state index in [0.717, 1.165) is 31.1 Å². The lowest BCUT2D eigenvalue weighted by molar-refractivity contribution is -0.150. The summed E-state index contributed by atoms with van der Waals surface area (Å²) in [5.74, 6) is -0.889. The highest BCUT2D eigenvalue weighted by atomic mass is 35.5. The SMILES string of the molecule is CCC(C)OC(=O)C(N)C[C@@H](S)C(=O)N(CCOC(C)C)c1ccc(C(=O)N2CCN(CCc3ccc(Cl)cc3)CC2)cc1. The first-order chi connectivity index (χ1) is 21.0. The van der Waals surface area contributed by atoms with Crippen LogP contribution in [0.1, 0.15) is 56.5 Å². The molecule has 2 amide bonds. The monoisotopic (exact) mass is 646 g/mol. The van der Waals surface area contributed by atoms with Crippen LogP contribution in [0.15, 0.2) is 48.5 Å². The third-order valence-corrected chi connectivity index (χ3v) is 8.39. The number of piperazine rings is 1. The van der Waals surface area contributed by atoms with Crippen molar-refractivity contribution in [3.8, 4) is 0 Å². The average molecular weight is 647 g/mol. The van der Waals surface area contributed by atoms with E-state index in [9.17, 15) is 14.4 Å². The maximum absolute atomic E-state index is 13.5. The van der Waals surface area contributed by atoms with Crippen LogP contribution in [0.3, 0.4) is 0 Å². The number of hydrogen-bond donors (Lipinski definition) is 2. The van der Waals surface area contributed by atoms with Crippen LogP contribution < -0.4 is 10.6 Å². The molecule has 1 saturated heterocycles. The molecule has 44 heavy (non-hydrogen) atoms. The smallest absolute Gasteiger partial charge is 0.323 e. The van der Waals surface area contributed by atoms with Gasteiger partial charge in [-0.05, 0) is 82.0 Å². The molecule has 2 N–H and O–H groups in total. The molecule has 0 aliphatic carbocycles. The van der Waals surface area contributed by atoms with E-state index >= 15 is 0 Å². The first kappa shape index (κ1) is 35.8. The van der Waals surface area contributed by atoms with Gasteiger partial charge in [0.1, 0.15) is 6.04 Å². The predicted molar refractivity (Wildman–Crippen MR) is 179 cm³/mol. The molecule has 2 aromatic carbocycles. The number of esters is 1. The molecule has 11 heteroatoms. The molecule has 1 heterocycles. The van der Waals surface area contributed by atoms with Crippen LogP contribution in [0.25, 0.3) is 0 Å². The molecule has 0 radical (unpaired) electrons. The van der Waals surface area contributed by atoms with E-state index < -0.39 is 17.3 Å². The average Bonchev–Trinajstić information content (AvgIpc) is 3.02. The number of nitrogens with two attached hydrogens (primary N) is 1. The zero-order valence-corrected chi connectivity index (χ0v) is 27.9. The molecule has 0 aromatic heterocycles. The normalized spacial score (nSPS) is 16.0. The van der Waals surface area contributed by atoms with Gasteiger partial charge >= 0.3 is 5.97 Å². The first-order valence-corrected chi connectivity index (χ1v) is 16.3. The van der Waals surface area contributed by atoms with Crippen molar-refractivity contribution in [3.05, 3.63) is 64.7 Å². The Balaban J connectivity index is 1.59. The first-order valence-electron chi connectivity index (χ1n) is 15.4. The number of hydrogen-bond acceptors (Lipinski definition) is 8. The van der Waals surface area contributed by atoms with Crippen molar-refractivity contribution in [2.45, 2.75) is 70.5 Å². The lowest BCUT2D eigenvalue weighted by atomic mass is 10.1. The van der Waals surface area contributed by atoms with Crippen molar-refractivity contribution in [1.29, 1.82) is 0 Å². The van der Waals surface area contributed by atoms with Gasteiger partial charge in [-0.3, -0.25) is 19.3 Å². The Morgan fingerprint density at radius 3 is 2.23 bits per heavy atom. The molecule has 0 saturated carbocycles. The van der Waals surface area contributed by atoms with Crippen LogP contribution in [0.5, 0.6) is 0 Å². The third kappa shape index (κ3) is 11.1. The number of anilines is 1. The molecule has 0 spiro atoms. The van der Waals surface area contributed by atoms with E-state index in [-0.39, 0.29) is 37.0 Å². The Labute approximate surface area is 272 Å². The van der Waals surface area contributed by atoms with Gasteiger partial charge in [0, 0.05) is 55.5 Å². The van der Waals surface area contributed by atoms with Crippen LogP contribution in [-0.4, -0.2) is 97.0 Å². The van der Waals surface area contributed by atoms with Gasteiger partial charge in [0.2, 0.25) is 5.91 Å². The van der Waals surface area contributed by atoms with Crippen molar-refractivity contribution in [3.63, 3.8) is 0 Å². The number of carbonyl (C=O) groups excluding carboxylic acids is 3. The predicted octanol–water partition coefficient (Wildman–Crippen LogP) is 4.46. The van der Waals surface area contributed by atoms with Gasteiger partial charge in [-0.2, -0.15) is 12.6 Å². The zero-order valence-electron chi connectivity index (χ0n) is 26.3. The second kappa shape index (κ2) is 17.8. The van der Waals surface area contributed by atoms with Crippen LogP contribution in [0.2, 0.25) is 5.02 Å². The molecule has 1 aliphatic rings. The summed E-state index contributed by atoms with van der Waals surface area (Å²) in [5.41, 5.74) is 8.47. The molecule has 3 atom stereocenters. The molecule has 9 nitrogen and oxygen atoms in total. The van der Waals surface area contributed by atoms with E-state index in [1.54, 1.807) is 36.1 Å². The molecule has 1 aliphatic heterocycles. The van der Waals surface area contributed by atoms with Gasteiger partial charge in [-0.25, -0.2) is 0 Å². The summed E-state index contributed by atoms with van der Waals surface area (Å²) in [6, 6.07) is 14.0. The molecule has 2 unspecified atom stereocenters. The van der Waals surface area contributed by atoms with Gasteiger partial charge in [-0.15, -0.1) is 0 Å². The fourth-order valence-corrected chi connectivity index (χ4v) is 5.30. The second-order valence-corrected chi connectivity index (χ2v) is 12.5. The Morgan fingerprint density at radius 2 is 1.64 bits per heavy atom. The van der Waals surface area contributed by atoms with E-state index in [1.807, 2.05) is 49.9 Å². The fourth-order valence-electron chi connectivity index (χ4n) is 4.81. The lowest BCUT2D eigenvalue weighted by Gasteiger charge is -2.35. The Bertz CT molecular complexity index is 1210. The molecule has 242 valence electrons. The number of benzene rings is 2. The van der Waals surface area contributed by atoms with Crippen molar-refractivity contribution in [1.82, 2.24) is 9.80 Å². The molecule has 1 fully saturated rings. The number of amides is 2. The number of halogens is 1. The third-order valence-electron chi connectivity index (χ3n) is 7.70. The van der Waals surface area contributed by atoms with Crippen LogP contribution in [0, 0.1) is 0 Å². The summed E-state index contributed by atoms with van der Waals surface area (Å²) in [4.78, 5) is 45.0. The summed E-state index contributed by atoms with van der Waals surface area (Å²) in [6.45, 7) is 12.0. The molecular weight excluding hydrogens is 600 g/mol. The van der Waals surface area contributed by atoms with Gasteiger partial charge in [0.15, 0.2) is 0 Å². The minimum absolute atomic E-state index is 0.000369. The number of rotatable bonds is 15. The molecule has 2 aromatic rings. The van der Waals surface area contributed by atoms with Crippen LogP contribution >= 0.6 is 24.2 Å². The molecular formula is C33H47ClN4O5S. The van der Waals surface area contributed by atoms with Crippen molar-refractivity contribution >= 4 is 47.7 Å². The van der Waals surface area contributed by atoms with Crippen molar-refractivity contribution in [2.24, 2.45) is 5.73 Å². The van der Waals surface area contributed by atoms with Gasteiger partial charge < -0.3 is 25.0 Å². The number of nitrogens with zero attached hydrogens (tertiary/aromatic N) is 3.